The summed E-state index contributed by atoms with van der Waals surface area (Å²) in [6.07, 6.45) is 9.34. The molecule has 0 radical (unpaired) electrons. The number of hydrogen-bond donors (Lipinski definition) is 1. The highest BCUT2D eigenvalue weighted by Gasteiger charge is 2.20. The number of carbonyl (C=O) groups excluding carboxylic acids is 1. The third-order valence-corrected chi connectivity index (χ3v) is 7.34. The number of carbonyl (C=O) groups is 1. The van der Waals surface area contributed by atoms with Gasteiger partial charge in [0.05, 0.1) is 24.6 Å². The molecule has 1 saturated carbocycles. The highest BCUT2D eigenvalue weighted by Crippen LogP contribution is 2.37. The first kappa shape index (κ1) is 27.2. The molecule has 0 atom stereocenters. The molecule has 1 amide bonds. The summed E-state index contributed by atoms with van der Waals surface area (Å²) in [7, 11) is 1.59. The predicted octanol–water partition coefficient (Wildman–Crippen LogP) is 7.65. The summed E-state index contributed by atoms with van der Waals surface area (Å²) in [5.74, 6) is 1.38. The van der Waals surface area contributed by atoms with E-state index in [1.54, 1.807) is 37.6 Å². The Morgan fingerprint density at radius 3 is 2.65 bits per heavy atom. The number of rotatable bonds is 8. The Hall–Kier alpha value is -4.33. The SMILES string of the molecule is CCc1ncc(F)c(-c2cccnc2Oc2cc(C(=O)Nc3cc(C4CCCCC4)ccc3OC)ccc2C)n1. The van der Waals surface area contributed by atoms with Gasteiger partial charge in [-0.25, -0.2) is 19.3 Å². The molecule has 8 heteroatoms. The van der Waals surface area contributed by atoms with Crippen LogP contribution in [0.3, 0.4) is 0 Å². The van der Waals surface area contributed by atoms with Crippen LogP contribution in [-0.2, 0) is 6.42 Å². The van der Waals surface area contributed by atoms with Gasteiger partial charge in [0.25, 0.3) is 5.91 Å². The highest BCUT2D eigenvalue weighted by molar-refractivity contribution is 6.05. The van der Waals surface area contributed by atoms with Crippen molar-refractivity contribution in [1.29, 1.82) is 0 Å². The van der Waals surface area contributed by atoms with E-state index in [0.29, 0.717) is 46.5 Å². The molecule has 2 aromatic heterocycles. The third-order valence-electron chi connectivity index (χ3n) is 7.34. The van der Waals surface area contributed by atoms with Gasteiger partial charge in [0.15, 0.2) is 5.82 Å². The number of pyridine rings is 1. The standard InChI is InChI=1S/C32H33FN4O3/c1-4-29-35-19-25(33)30(37-29)24-11-8-16-34-32(24)40-28-18-23(13-12-20(28)2)31(38)36-26-17-22(14-15-27(26)39-3)21-9-6-5-7-10-21/h8,11-19,21H,4-7,9-10H2,1-3H3,(H,36,38). The molecular formula is C32H33FN4O3. The lowest BCUT2D eigenvalue weighted by Gasteiger charge is -2.23. The third kappa shape index (κ3) is 5.96. The summed E-state index contributed by atoms with van der Waals surface area (Å²) in [5.41, 5.74) is 3.57. The van der Waals surface area contributed by atoms with E-state index in [1.807, 2.05) is 32.0 Å². The van der Waals surface area contributed by atoms with Gasteiger partial charge in [-0.1, -0.05) is 38.3 Å². The monoisotopic (exact) mass is 540 g/mol. The van der Waals surface area contributed by atoms with E-state index in [1.165, 1.54) is 24.8 Å². The summed E-state index contributed by atoms with van der Waals surface area (Å²) in [6, 6.07) is 14.6. The number of anilines is 1. The number of aryl methyl sites for hydroxylation is 2. The summed E-state index contributed by atoms with van der Waals surface area (Å²) in [6.45, 7) is 3.77. The molecule has 0 aliphatic heterocycles. The Morgan fingerprint density at radius 2 is 1.88 bits per heavy atom. The minimum absolute atomic E-state index is 0.117. The maximum Gasteiger partial charge on any atom is 0.255 e. The van der Waals surface area contributed by atoms with Gasteiger partial charge in [0.2, 0.25) is 5.88 Å². The average molecular weight is 541 g/mol. The van der Waals surface area contributed by atoms with Crippen LogP contribution in [0.15, 0.2) is 60.9 Å². The maximum absolute atomic E-state index is 14.7. The van der Waals surface area contributed by atoms with Gasteiger partial charge in [-0.15, -0.1) is 0 Å². The molecule has 2 heterocycles. The van der Waals surface area contributed by atoms with Gasteiger partial charge >= 0.3 is 0 Å². The van der Waals surface area contributed by atoms with Gasteiger partial charge in [0.1, 0.15) is 23.0 Å². The zero-order chi connectivity index (χ0) is 28.1. The highest BCUT2D eigenvalue weighted by atomic mass is 19.1. The van der Waals surface area contributed by atoms with Gasteiger partial charge in [-0.05, 0) is 73.2 Å². The molecule has 40 heavy (non-hydrogen) atoms. The van der Waals surface area contributed by atoms with Gasteiger partial charge < -0.3 is 14.8 Å². The fourth-order valence-electron chi connectivity index (χ4n) is 5.08. The van der Waals surface area contributed by atoms with E-state index < -0.39 is 5.82 Å². The Morgan fingerprint density at radius 1 is 1.05 bits per heavy atom. The Bertz CT molecular complexity index is 1520. The Labute approximate surface area is 233 Å². The lowest BCUT2D eigenvalue weighted by molar-refractivity contribution is 0.102. The van der Waals surface area contributed by atoms with Crippen molar-refractivity contribution in [3.05, 3.63) is 89.3 Å². The van der Waals surface area contributed by atoms with Crippen LogP contribution in [0.5, 0.6) is 17.4 Å². The molecule has 0 bridgehead atoms. The Balaban J connectivity index is 1.41. The van der Waals surface area contributed by atoms with E-state index in [-0.39, 0.29) is 17.5 Å². The second-order valence-corrected chi connectivity index (χ2v) is 10.0. The number of halogens is 1. The van der Waals surface area contributed by atoms with Crippen molar-refractivity contribution in [3.8, 4) is 28.6 Å². The van der Waals surface area contributed by atoms with Crippen molar-refractivity contribution in [3.63, 3.8) is 0 Å². The molecule has 206 valence electrons. The van der Waals surface area contributed by atoms with Crippen LogP contribution in [0.1, 0.15) is 72.3 Å². The minimum Gasteiger partial charge on any atom is -0.495 e. The summed E-state index contributed by atoms with van der Waals surface area (Å²) < 4.78 is 26.4. The van der Waals surface area contributed by atoms with Gasteiger partial charge in [0, 0.05) is 18.2 Å². The second kappa shape index (κ2) is 12.2. The zero-order valence-electron chi connectivity index (χ0n) is 23.0. The number of hydrogen-bond acceptors (Lipinski definition) is 6. The van der Waals surface area contributed by atoms with Crippen molar-refractivity contribution in [2.24, 2.45) is 0 Å². The van der Waals surface area contributed by atoms with E-state index in [9.17, 15) is 9.18 Å². The molecule has 1 aliphatic carbocycles. The molecule has 1 aliphatic rings. The lowest BCUT2D eigenvalue weighted by atomic mass is 9.84. The lowest BCUT2D eigenvalue weighted by Crippen LogP contribution is -2.14. The molecule has 4 aromatic rings. The van der Waals surface area contributed by atoms with Crippen molar-refractivity contribution < 1.29 is 18.7 Å². The first-order valence-electron chi connectivity index (χ1n) is 13.7. The maximum atomic E-state index is 14.7. The molecule has 1 fully saturated rings. The summed E-state index contributed by atoms with van der Waals surface area (Å²) >= 11 is 0. The van der Waals surface area contributed by atoms with Crippen LogP contribution in [0.25, 0.3) is 11.3 Å². The summed E-state index contributed by atoms with van der Waals surface area (Å²) in [5, 5.41) is 3.02. The molecule has 1 N–H and O–H groups in total. The molecule has 0 spiro atoms. The fraction of sp³-hybridized carbons (Fsp3) is 0.312. The first-order valence-corrected chi connectivity index (χ1v) is 13.7. The molecular weight excluding hydrogens is 507 g/mol. The van der Waals surface area contributed by atoms with Crippen molar-refractivity contribution in [2.75, 3.05) is 12.4 Å². The molecule has 2 aromatic carbocycles. The largest absolute Gasteiger partial charge is 0.495 e. The predicted molar refractivity (Wildman–Crippen MR) is 153 cm³/mol. The molecule has 7 nitrogen and oxygen atoms in total. The quantitative estimate of drug-likeness (QED) is 0.247. The number of nitrogens with zero attached hydrogens (tertiary/aromatic N) is 3. The van der Waals surface area contributed by atoms with E-state index in [2.05, 4.69) is 26.3 Å². The zero-order valence-corrected chi connectivity index (χ0v) is 23.0. The van der Waals surface area contributed by atoms with Crippen LogP contribution in [0.4, 0.5) is 10.1 Å². The van der Waals surface area contributed by atoms with Crippen LogP contribution in [-0.4, -0.2) is 28.0 Å². The number of amides is 1. The second-order valence-electron chi connectivity index (χ2n) is 10.0. The minimum atomic E-state index is -0.565. The number of nitrogens with one attached hydrogen (secondary N) is 1. The number of benzene rings is 2. The van der Waals surface area contributed by atoms with Gasteiger partial charge in [-0.3, -0.25) is 4.79 Å². The molecule has 0 saturated heterocycles. The van der Waals surface area contributed by atoms with Crippen LogP contribution in [0.2, 0.25) is 0 Å². The fourth-order valence-corrected chi connectivity index (χ4v) is 5.08. The van der Waals surface area contributed by atoms with Crippen LogP contribution < -0.4 is 14.8 Å². The molecule has 5 rings (SSSR count). The van der Waals surface area contributed by atoms with Gasteiger partial charge in [-0.2, -0.15) is 0 Å². The van der Waals surface area contributed by atoms with E-state index >= 15 is 0 Å². The van der Waals surface area contributed by atoms with E-state index in [4.69, 9.17) is 9.47 Å². The molecule has 0 unspecified atom stereocenters. The number of aromatic nitrogens is 3. The first-order chi connectivity index (χ1) is 19.5. The van der Waals surface area contributed by atoms with Crippen LogP contribution >= 0.6 is 0 Å². The Kier molecular flexibility index (Phi) is 8.34. The number of methoxy groups -OCH3 is 1. The van der Waals surface area contributed by atoms with Crippen molar-refractivity contribution in [2.45, 2.75) is 58.3 Å². The summed E-state index contributed by atoms with van der Waals surface area (Å²) in [4.78, 5) is 26.1. The van der Waals surface area contributed by atoms with Crippen LogP contribution in [0, 0.1) is 12.7 Å². The normalized spacial score (nSPS) is 13.6. The van der Waals surface area contributed by atoms with E-state index in [0.717, 1.165) is 24.6 Å². The average Bonchev–Trinajstić information content (AvgIpc) is 2.99. The number of ether oxygens (including phenoxy) is 2. The topological polar surface area (TPSA) is 86.2 Å². The van der Waals surface area contributed by atoms with Crippen molar-refractivity contribution >= 4 is 11.6 Å². The smallest absolute Gasteiger partial charge is 0.255 e. The van der Waals surface area contributed by atoms with Crippen molar-refractivity contribution in [1.82, 2.24) is 15.0 Å².